The molecule has 1 N–H and O–H groups in total. The number of allylic oxidation sites excluding steroid dienone is 4. The Bertz CT molecular complexity index is 1020. The third-order valence-electron chi connectivity index (χ3n) is 6.06. The first-order valence-electron chi connectivity index (χ1n) is 13.4. The molecule has 2 aromatic carbocycles. The molecule has 1 unspecified atom stereocenters. The first kappa shape index (κ1) is 34.5. The number of phenolic OH excluding ortho intramolecular Hbond substituents is 1. The molecule has 6 heteroatoms. The third-order valence-corrected chi connectivity index (χ3v) is 8.64. The van der Waals surface area contributed by atoms with Gasteiger partial charge in [-0.15, -0.1) is 0 Å². The van der Waals surface area contributed by atoms with Crippen molar-refractivity contribution in [2.45, 2.75) is 59.6 Å². The van der Waals surface area contributed by atoms with Crippen LogP contribution in [0, 0.1) is 5.92 Å². The second-order valence-corrected chi connectivity index (χ2v) is 12.2. The van der Waals surface area contributed by atoms with E-state index in [0.717, 1.165) is 53.3 Å². The maximum absolute atomic E-state index is 10.1. The number of hydrogen-bond acceptors (Lipinski definition) is 4. The molecule has 2 aromatic rings. The molecule has 0 amide bonds. The Labute approximate surface area is 243 Å². The van der Waals surface area contributed by atoms with Crippen LogP contribution in [0.2, 0.25) is 5.02 Å². The maximum atomic E-state index is 10.1. The minimum Gasteiger partial charge on any atom is -0.508 e. The van der Waals surface area contributed by atoms with E-state index in [2.05, 4.69) is 46.1 Å². The number of ether oxygens (including phenoxy) is 1. The molecule has 1 heterocycles. The Morgan fingerprint density at radius 1 is 1.24 bits per heavy atom. The van der Waals surface area contributed by atoms with Gasteiger partial charge in [-0.05, 0) is 86.2 Å². The Kier molecular flexibility index (Phi) is 17.7. The lowest BCUT2D eigenvalue weighted by Crippen LogP contribution is -2.14. The van der Waals surface area contributed by atoms with Crippen molar-refractivity contribution >= 4 is 32.4 Å². The van der Waals surface area contributed by atoms with Crippen molar-refractivity contribution in [2.75, 3.05) is 25.7 Å². The lowest BCUT2D eigenvalue weighted by atomic mass is 9.93. The summed E-state index contributed by atoms with van der Waals surface area (Å²) in [6.07, 6.45) is 7.85. The van der Waals surface area contributed by atoms with Crippen LogP contribution in [0.1, 0.15) is 64.3 Å². The van der Waals surface area contributed by atoms with E-state index in [0.29, 0.717) is 18.7 Å². The van der Waals surface area contributed by atoms with E-state index in [4.69, 9.17) is 20.9 Å². The molecule has 1 fully saturated rings. The van der Waals surface area contributed by atoms with Crippen LogP contribution in [0.15, 0.2) is 84.0 Å². The van der Waals surface area contributed by atoms with Gasteiger partial charge in [-0.3, -0.25) is 0 Å². The van der Waals surface area contributed by atoms with Gasteiger partial charge >= 0.3 is 0 Å². The Morgan fingerprint density at radius 3 is 2.47 bits per heavy atom. The summed E-state index contributed by atoms with van der Waals surface area (Å²) in [5, 5.41) is 10.8. The van der Waals surface area contributed by atoms with Gasteiger partial charge in [0, 0.05) is 15.8 Å². The van der Waals surface area contributed by atoms with E-state index in [-0.39, 0.29) is 5.25 Å². The summed E-state index contributed by atoms with van der Waals surface area (Å²) >= 11 is 10.0. The summed E-state index contributed by atoms with van der Waals surface area (Å²) < 4.78 is 11.8. The average molecular weight is 577 g/mol. The maximum Gasteiger partial charge on any atom is 0.119 e. The van der Waals surface area contributed by atoms with Crippen molar-refractivity contribution in [2.24, 2.45) is 5.92 Å². The molecule has 210 valence electrons. The van der Waals surface area contributed by atoms with Crippen LogP contribution >= 0.6 is 32.4 Å². The van der Waals surface area contributed by atoms with Gasteiger partial charge in [0.1, 0.15) is 5.75 Å². The number of benzene rings is 2. The van der Waals surface area contributed by atoms with E-state index < -0.39 is 8.15 Å². The molecule has 0 aromatic heterocycles. The van der Waals surface area contributed by atoms with Crippen LogP contribution in [0.5, 0.6) is 5.75 Å². The van der Waals surface area contributed by atoms with Gasteiger partial charge in [-0.1, -0.05) is 81.4 Å². The second-order valence-electron chi connectivity index (χ2n) is 9.19. The van der Waals surface area contributed by atoms with Crippen LogP contribution in [0.25, 0.3) is 0 Å². The first-order chi connectivity index (χ1) is 18.2. The molecular weight excluding hydrogens is 531 g/mol. The summed E-state index contributed by atoms with van der Waals surface area (Å²) in [7, 11) is -0.436. The molecule has 0 radical (unpaired) electrons. The Balaban J connectivity index is 0.000000682. The molecule has 3 rings (SSSR count). The highest BCUT2D eigenvalue weighted by Gasteiger charge is 2.19. The molecule has 1 aliphatic heterocycles. The SMILES string of the molecule is C=C/C(C)=C(Cc1ccc(O)c(C(C)S)c1)\C(C)=C/COC[P@@]1C[C@@H](C)CCO1.CC.Clc1ccccc1. The normalized spacial score (nSPS) is 18.7. The van der Waals surface area contributed by atoms with Crippen LogP contribution in [0.4, 0.5) is 0 Å². The summed E-state index contributed by atoms with van der Waals surface area (Å²) in [5.41, 5.74) is 5.59. The average Bonchev–Trinajstić information content (AvgIpc) is 2.92. The zero-order chi connectivity index (χ0) is 28.5. The smallest absolute Gasteiger partial charge is 0.119 e. The monoisotopic (exact) mass is 576 g/mol. The standard InChI is InChI=1S/C24H35O3PS.C6H5Cl.C2H6/c1-6-18(3)22(13-21-7-8-24(25)23(14-21)20(5)29)19(4)10-11-26-16-28-15-17(2)9-12-27-28;7-6-4-2-1-3-5-6;1-2/h6-8,10,14,17,20,25,29H,1,9,11-13,15-16H2,2-5H3;1-5H;1-2H3/b19-10-,22-18-;;/t17-,20?,28+;;/m0../s1. The summed E-state index contributed by atoms with van der Waals surface area (Å²) in [6, 6.07) is 15.2. The Morgan fingerprint density at radius 2 is 1.92 bits per heavy atom. The molecule has 0 saturated carbocycles. The van der Waals surface area contributed by atoms with Crippen molar-refractivity contribution in [3.8, 4) is 5.75 Å². The lowest BCUT2D eigenvalue weighted by Gasteiger charge is -2.26. The number of hydrogen-bond donors (Lipinski definition) is 2. The summed E-state index contributed by atoms with van der Waals surface area (Å²) in [4.78, 5) is 0. The molecule has 3 nitrogen and oxygen atoms in total. The molecular formula is C32H46ClO3PS. The fourth-order valence-corrected chi connectivity index (χ4v) is 5.99. The van der Waals surface area contributed by atoms with Gasteiger partial charge in [-0.2, -0.15) is 12.6 Å². The van der Waals surface area contributed by atoms with E-state index in [9.17, 15) is 5.11 Å². The predicted octanol–water partition coefficient (Wildman–Crippen LogP) is 10.2. The minimum atomic E-state index is -0.436. The lowest BCUT2D eigenvalue weighted by molar-refractivity contribution is 0.192. The van der Waals surface area contributed by atoms with E-state index >= 15 is 0 Å². The van der Waals surface area contributed by atoms with Crippen molar-refractivity contribution in [3.63, 3.8) is 0 Å². The second kappa shape index (κ2) is 19.5. The van der Waals surface area contributed by atoms with E-state index in [1.807, 2.05) is 69.3 Å². The quantitative estimate of drug-likeness (QED) is 0.135. The Hall–Kier alpha value is -1.55. The van der Waals surface area contributed by atoms with Gasteiger partial charge < -0.3 is 14.4 Å². The van der Waals surface area contributed by atoms with Crippen LogP contribution in [-0.4, -0.2) is 30.8 Å². The van der Waals surface area contributed by atoms with Crippen molar-refractivity contribution in [3.05, 3.63) is 100 Å². The van der Waals surface area contributed by atoms with Gasteiger partial charge in [0.05, 0.1) is 27.7 Å². The zero-order valence-corrected chi connectivity index (χ0v) is 26.5. The number of phenols is 1. The highest BCUT2D eigenvalue weighted by molar-refractivity contribution is 7.80. The third kappa shape index (κ3) is 13.0. The largest absolute Gasteiger partial charge is 0.508 e. The van der Waals surface area contributed by atoms with Crippen LogP contribution in [-0.2, 0) is 15.7 Å². The summed E-state index contributed by atoms with van der Waals surface area (Å²) in [5.74, 6) is 1.04. The number of halogens is 1. The van der Waals surface area contributed by atoms with Crippen molar-refractivity contribution in [1.82, 2.24) is 0 Å². The molecule has 0 bridgehead atoms. The predicted molar refractivity (Wildman–Crippen MR) is 171 cm³/mol. The van der Waals surface area contributed by atoms with Gasteiger partial charge in [0.25, 0.3) is 0 Å². The topological polar surface area (TPSA) is 38.7 Å². The number of rotatable bonds is 9. The highest BCUT2D eigenvalue weighted by atomic mass is 35.5. The van der Waals surface area contributed by atoms with Crippen LogP contribution < -0.4 is 0 Å². The van der Waals surface area contributed by atoms with Crippen molar-refractivity contribution < 1.29 is 14.4 Å². The van der Waals surface area contributed by atoms with Gasteiger partial charge in [-0.25, -0.2) is 0 Å². The van der Waals surface area contributed by atoms with Crippen molar-refractivity contribution in [1.29, 1.82) is 0 Å². The zero-order valence-electron chi connectivity index (χ0n) is 23.9. The minimum absolute atomic E-state index is 0.0143. The molecule has 3 atom stereocenters. The number of thiol groups is 1. The fraction of sp³-hybridized carbons (Fsp3) is 0.438. The molecule has 0 spiro atoms. The van der Waals surface area contributed by atoms with E-state index in [1.165, 1.54) is 11.1 Å². The molecule has 1 aliphatic rings. The first-order valence-corrected chi connectivity index (χ1v) is 15.9. The van der Waals surface area contributed by atoms with E-state index in [1.54, 1.807) is 6.07 Å². The van der Waals surface area contributed by atoms with Crippen LogP contribution in [0.3, 0.4) is 0 Å². The molecule has 0 aliphatic carbocycles. The van der Waals surface area contributed by atoms with Gasteiger partial charge in [0.2, 0.25) is 0 Å². The molecule has 1 saturated heterocycles. The van der Waals surface area contributed by atoms with Gasteiger partial charge in [0.15, 0.2) is 0 Å². The highest BCUT2D eigenvalue weighted by Crippen LogP contribution is 2.43. The fourth-order valence-electron chi connectivity index (χ4n) is 3.81. The molecule has 38 heavy (non-hydrogen) atoms. The summed E-state index contributed by atoms with van der Waals surface area (Å²) in [6.45, 7) is 17.9. The number of aromatic hydroxyl groups is 1.